The minimum atomic E-state index is -0.355. The minimum absolute atomic E-state index is 0.248. The lowest BCUT2D eigenvalue weighted by Crippen LogP contribution is -2.14. The van der Waals surface area contributed by atoms with Gasteiger partial charge in [0.05, 0.1) is 4.47 Å². The lowest BCUT2D eigenvalue weighted by atomic mass is 10.2. The fourth-order valence-corrected chi connectivity index (χ4v) is 2.82. The van der Waals surface area contributed by atoms with Crippen molar-refractivity contribution >= 4 is 44.8 Å². The number of halogens is 1. The number of rotatable bonds is 4. The normalized spacial score (nSPS) is 10.8. The Kier molecular flexibility index (Phi) is 4.62. The molecule has 4 rings (SSSR count). The van der Waals surface area contributed by atoms with Crippen molar-refractivity contribution in [2.24, 2.45) is 7.05 Å². The van der Waals surface area contributed by atoms with Crippen LogP contribution in [0.3, 0.4) is 0 Å². The third-order valence-corrected chi connectivity index (χ3v) is 4.27. The van der Waals surface area contributed by atoms with Gasteiger partial charge in [-0.05, 0) is 46.3 Å². The molecule has 0 radical (unpaired) electrons. The standard InChI is InChI=1S/C18H14BrN7O2/c1-25-7-6-14(23-25)17(27)21-12-2-4-13(5-3-12)22-18(28)15-8-16-20-9-11(19)10-26(16)24-15/h2-10H,1H3,(H,21,27)(H,22,28). The first-order chi connectivity index (χ1) is 13.5. The molecule has 0 aliphatic carbocycles. The predicted octanol–water partition coefficient (Wildman–Crippen LogP) is 2.73. The number of amides is 2. The van der Waals surface area contributed by atoms with Crippen LogP contribution in [0, 0.1) is 0 Å². The Balaban J connectivity index is 1.43. The van der Waals surface area contributed by atoms with Crippen molar-refractivity contribution < 1.29 is 9.59 Å². The molecule has 0 unspecified atom stereocenters. The van der Waals surface area contributed by atoms with Crippen molar-refractivity contribution in [3.63, 3.8) is 0 Å². The molecule has 10 heteroatoms. The maximum atomic E-state index is 12.4. The van der Waals surface area contributed by atoms with Gasteiger partial charge in [0.15, 0.2) is 17.0 Å². The van der Waals surface area contributed by atoms with Crippen LogP contribution in [-0.2, 0) is 7.05 Å². The Hall–Kier alpha value is -3.53. The molecule has 2 amide bonds. The van der Waals surface area contributed by atoms with Gasteiger partial charge >= 0.3 is 0 Å². The van der Waals surface area contributed by atoms with Gasteiger partial charge in [-0.3, -0.25) is 14.3 Å². The highest BCUT2D eigenvalue weighted by atomic mass is 79.9. The van der Waals surface area contributed by atoms with Crippen LogP contribution in [0.15, 0.2) is 59.5 Å². The van der Waals surface area contributed by atoms with Crippen LogP contribution in [0.25, 0.3) is 5.65 Å². The largest absolute Gasteiger partial charge is 0.321 e. The number of nitrogens with one attached hydrogen (secondary N) is 2. The zero-order chi connectivity index (χ0) is 19.7. The molecule has 0 bridgehead atoms. The second-order valence-corrected chi connectivity index (χ2v) is 6.88. The van der Waals surface area contributed by atoms with E-state index in [9.17, 15) is 9.59 Å². The molecule has 140 valence electrons. The van der Waals surface area contributed by atoms with E-state index in [1.807, 2.05) is 0 Å². The van der Waals surface area contributed by atoms with E-state index >= 15 is 0 Å². The van der Waals surface area contributed by atoms with E-state index in [2.05, 4.69) is 41.7 Å². The van der Waals surface area contributed by atoms with Crippen LogP contribution >= 0.6 is 15.9 Å². The summed E-state index contributed by atoms with van der Waals surface area (Å²) in [6.07, 6.45) is 5.05. The maximum absolute atomic E-state index is 12.4. The Bertz CT molecular complexity index is 1180. The highest BCUT2D eigenvalue weighted by molar-refractivity contribution is 9.10. The van der Waals surface area contributed by atoms with Gasteiger partial charge in [0.2, 0.25) is 0 Å². The number of hydrogen-bond donors (Lipinski definition) is 2. The molecular formula is C18H14BrN7O2. The molecule has 3 aromatic heterocycles. The Morgan fingerprint density at radius 3 is 2.21 bits per heavy atom. The lowest BCUT2D eigenvalue weighted by Gasteiger charge is -2.06. The van der Waals surface area contributed by atoms with Crippen LogP contribution in [0.2, 0.25) is 0 Å². The van der Waals surface area contributed by atoms with Crippen LogP contribution in [0.1, 0.15) is 21.0 Å². The number of anilines is 2. The summed E-state index contributed by atoms with van der Waals surface area (Å²) in [6, 6.07) is 10.0. The first kappa shape index (κ1) is 17.9. The molecule has 4 aromatic rings. The first-order valence-electron chi connectivity index (χ1n) is 8.21. The molecule has 0 saturated carbocycles. The van der Waals surface area contributed by atoms with Crippen molar-refractivity contribution in [2.75, 3.05) is 10.6 Å². The number of fused-ring (bicyclic) bond motifs is 1. The van der Waals surface area contributed by atoms with Crippen molar-refractivity contribution in [3.8, 4) is 0 Å². The maximum Gasteiger partial charge on any atom is 0.276 e. The van der Waals surface area contributed by atoms with Gasteiger partial charge < -0.3 is 10.6 Å². The Morgan fingerprint density at radius 1 is 0.964 bits per heavy atom. The number of nitrogens with zero attached hydrogens (tertiary/aromatic N) is 5. The SMILES string of the molecule is Cn1ccc(C(=O)Nc2ccc(NC(=O)c3cc4ncc(Br)cn4n3)cc2)n1. The van der Waals surface area contributed by atoms with Crippen LogP contribution < -0.4 is 10.6 Å². The predicted molar refractivity (Wildman–Crippen MR) is 106 cm³/mol. The van der Waals surface area contributed by atoms with E-state index in [4.69, 9.17) is 0 Å². The van der Waals surface area contributed by atoms with Gasteiger partial charge in [-0.2, -0.15) is 10.2 Å². The van der Waals surface area contributed by atoms with Crippen molar-refractivity contribution in [1.29, 1.82) is 0 Å². The molecule has 2 N–H and O–H groups in total. The molecule has 0 saturated heterocycles. The fraction of sp³-hybridized carbons (Fsp3) is 0.0556. The van der Waals surface area contributed by atoms with Gasteiger partial charge in [-0.1, -0.05) is 0 Å². The Labute approximate surface area is 167 Å². The molecule has 0 aliphatic heterocycles. The second-order valence-electron chi connectivity index (χ2n) is 5.96. The summed E-state index contributed by atoms with van der Waals surface area (Å²) >= 11 is 3.31. The number of benzene rings is 1. The Morgan fingerprint density at radius 2 is 1.61 bits per heavy atom. The van der Waals surface area contributed by atoms with E-state index in [0.717, 1.165) is 4.47 Å². The van der Waals surface area contributed by atoms with E-state index in [0.29, 0.717) is 22.7 Å². The average Bonchev–Trinajstić information content (AvgIpc) is 3.29. The molecule has 0 spiro atoms. The topological polar surface area (TPSA) is 106 Å². The number of aryl methyl sites for hydroxylation is 1. The number of aromatic nitrogens is 5. The minimum Gasteiger partial charge on any atom is -0.321 e. The highest BCUT2D eigenvalue weighted by Gasteiger charge is 2.13. The third-order valence-electron chi connectivity index (χ3n) is 3.86. The lowest BCUT2D eigenvalue weighted by molar-refractivity contribution is 0.101. The number of carbonyl (C=O) groups is 2. The van der Waals surface area contributed by atoms with Gasteiger partial charge in [0, 0.05) is 43.1 Å². The monoisotopic (exact) mass is 439 g/mol. The van der Waals surface area contributed by atoms with Gasteiger partial charge in [0.25, 0.3) is 11.8 Å². The first-order valence-corrected chi connectivity index (χ1v) is 9.00. The fourth-order valence-electron chi connectivity index (χ4n) is 2.53. The molecular weight excluding hydrogens is 426 g/mol. The van der Waals surface area contributed by atoms with E-state index in [1.165, 1.54) is 4.52 Å². The van der Waals surface area contributed by atoms with Crippen LogP contribution in [0.4, 0.5) is 11.4 Å². The van der Waals surface area contributed by atoms with Crippen molar-refractivity contribution in [2.45, 2.75) is 0 Å². The molecule has 0 atom stereocenters. The van der Waals surface area contributed by atoms with Crippen LogP contribution in [0.5, 0.6) is 0 Å². The highest BCUT2D eigenvalue weighted by Crippen LogP contribution is 2.16. The summed E-state index contributed by atoms with van der Waals surface area (Å²) in [4.78, 5) is 28.7. The van der Waals surface area contributed by atoms with E-state index in [-0.39, 0.29) is 17.5 Å². The van der Waals surface area contributed by atoms with Crippen molar-refractivity contribution in [3.05, 3.63) is 70.8 Å². The third kappa shape index (κ3) is 3.76. The molecule has 1 aromatic carbocycles. The summed E-state index contributed by atoms with van der Waals surface area (Å²) in [6.45, 7) is 0. The molecule has 3 heterocycles. The average molecular weight is 440 g/mol. The van der Waals surface area contributed by atoms with Gasteiger partial charge in [-0.25, -0.2) is 9.50 Å². The van der Waals surface area contributed by atoms with Crippen LogP contribution in [-0.4, -0.2) is 36.2 Å². The molecule has 0 aliphatic rings. The molecule has 0 fully saturated rings. The van der Waals surface area contributed by atoms with Gasteiger partial charge in [0.1, 0.15) is 0 Å². The second kappa shape index (κ2) is 7.24. The summed E-state index contributed by atoms with van der Waals surface area (Å²) in [7, 11) is 1.74. The molecule has 9 nitrogen and oxygen atoms in total. The number of carbonyl (C=O) groups excluding carboxylic acids is 2. The van der Waals surface area contributed by atoms with Gasteiger partial charge in [-0.15, -0.1) is 0 Å². The summed E-state index contributed by atoms with van der Waals surface area (Å²) < 4.78 is 3.84. The summed E-state index contributed by atoms with van der Waals surface area (Å²) in [5.74, 6) is -0.660. The summed E-state index contributed by atoms with van der Waals surface area (Å²) in [5.41, 5.74) is 2.31. The quantitative estimate of drug-likeness (QED) is 0.508. The van der Waals surface area contributed by atoms with E-state index in [1.54, 1.807) is 66.7 Å². The zero-order valence-corrected chi connectivity index (χ0v) is 16.2. The molecule has 28 heavy (non-hydrogen) atoms. The zero-order valence-electron chi connectivity index (χ0n) is 14.6. The smallest absolute Gasteiger partial charge is 0.276 e. The van der Waals surface area contributed by atoms with Crippen molar-refractivity contribution in [1.82, 2.24) is 24.4 Å². The summed E-state index contributed by atoms with van der Waals surface area (Å²) in [5, 5.41) is 13.8. The van der Waals surface area contributed by atoms with E-state index < -0.39 is 0 Å². The number of hydrogen-bond acceptors (Lipinski definition) is 5.